The van der Waals surface area contributed by atoms with Crippen molar-refractivity contribution in [1.29, 1.82) is 0 Å². The van der Waals surface area contributed by atoms with Crippen LogP contribution in [0.2, 0.25) is 0 Å². The number of carbonyl (C=O) groups is 1. The summed E-state index contributed by atoms with van der Waals surface area (Å²) in [5.41, 5.74) is 0.446. The lowest BCUT2D eigenvalue weighted by atomic mass is 9.90. The first kappa shape index (κ1) is 13.9. The molecule has 0 bridgehead atoms. The van der Waals surface area contributed by atoms with Crippen LogP contribution < -0.4 is 0 Å². The van der Waals surface area contributed by atoms with E-state index in [1.54, 1.807) is 6.26 Å². The third kappa shape index (κ3) is 2.59. The topological polar surface area (TPSA) is 53.7 Å². The molecule has 0 amide bonds. The summed E-state index contributed by atoms with van der Waals surface area (Å²) in [7, 11) is 0. The number of carboxylic acids is 1. The molecular formula is C17H19NO3. The lowest BCUT2D eigenvalue weighted by Gasteiger charge is -2.28. The molecule has 110 valence electrons. The van der Waals surface area contributed by atoms with Crippen molar-refractivity contribution in [2.24, 2.45) is 5.41 Å². The highest BCUT2D eigenvalue weighted by molar-refractivity contribution is 5.74. The molecule has 1 fully saturated rings. The van der Waals surface area contributed by atoms with E-state index in [-0.39, 0.29) is 6.04 Å². The predicted molar refractivity (Wildman–Crippen MR) is 78.9 cm³/mol. The van der Waals surface area contributed by atoms with Gasteiger partial charge in [0.2, 0.25) is 0 Å². The van der Waals surface area contributed by atoms with Gasteiger partial charge >= 0.3 is 5.97 Å². The standard InChI is InChI=1S/C17H19NO3/c1-17(16(19)20)9-10-18(12-17)15(14-8-5-11-21-14)13-6-3-2-4-7-13/h2-8,11,15H,9-10,12H2,1H3,(H,19,20). The smallest absolute Gasteiger partial charge is 0.310 e. The summed E-state index contributed by atoms with van der Waals surface area (Å²) < 4.78 is 5.60. The van der Waals surface area contributed by atoms with E-state index in [0.29, 0.717) is 13.0 Å². The van der Waals surface area contributed by atoms with Crippen LogP contribution in [-0.2, 0) is 4.79 Å². The highest BCUT2D eigenvalue weighted by Crippen LogP contribution is 2.38. The molecule has 4 nitrogen and oxygen atoms in total. The summed E-state index contributed by atoms with van der Waals surface area (Å²) in [5, 5.41) is 9.42. The highest BCUT2D eigenvalue weighted by atomic mass is 16.4. The van der Waals surface area contributed by atoms with E-state index in [2.05, 4.69) is 17.0 Å². The van der Waals surface area contributed by atoms with Crippen molar-refractivity contribution in [3.63, 3.8) is 0 Å². The average Bonchev–Trinajstić information content (AvgIpc) is 3.12. The van der Waals surface area contributed by atoms with Crippen LogP contribution in [0.3, 0.4) is 0 Å². The summed E-state index contributed by atoms with van der Waals surface area (Å²) in [6, 6.07) is 13.9. The zero-order valence-electron chi connectivity index (χ0n) is 12.0. The number of rotatable bonds is 4. The molecule has 1 saturated heterocycles. The van der Waals surface area contributed by atoms with Gasteiger partial charge in [0.1, 0.15) is 5.76 Å². The molecule has 1 aromatic carbocycles. The Bertz CT molecular complexity index is 608. The van der Waals surface area contributed by atoms with Crippen molar-refractivity contribution < 1.29 is 14.3 Å². The number of likely N-dealkylation sites (tertiary alicyclic amines) is 1. The molecule has 0 spiro atoms. The van der Waals surface area contributed by atoms with Crippen LogP contribution in [0.25, 0.3) is 0 Å². The molecule has 1 N–H and O–H groups in total. The molecule has 4 heteroatoms. The number of aliphatic carboxylic acids is 1. The number of hydrogen-bond donors (Lipinski definition) is 1. The van der Waals surface area contributed by atoms with E-state index in [0.717, 1.165) is 17.9 Å². The molecule has 0 radical (unpaired) electrons. The maximum Gasteiger partial charge on any atom is 0.310 e. The van der Waals surface area contributed by atoms with Crippen LogP contribution in [0, 0.1) is 5.41 Å². The van der Waals surface area contributed by atoms with Gasteiger partial charge in [-0.05, 0) is 31.0 Å². The first-order chi connectivity index (χ1) is 10.1. The number of benzene rings is 1. The summed E-state index contributed by atoms with van der Waals surface area (Å²) in [6.07, 6.45) is 2.32. The van der Waals surface area contributed by atoms with Crippen LogP contribution in [-0.4, -0.2) is 29.1 Å². The molecule has 1 aliphatic rings. The van der Waals surface area contributed by atoms with Crippen LogP contribution >= 0.6 is 0 Å². The van der Waals surface area contributed by atoms with Gasteiger partial charge < -0.3 is 9.52 Å². The maximum absolute atomic E-state index is 11.5. The third-order valence-corrected chi connectivity index (χ3v) is 4.31. The summed E-state index contributed by atoms with van der Waals surface area (Å²) in [4.78, 5) is 13.7. The van der Waals surface area contributed by atoms with Gasteiger partial charge in [-0.1, -0.05) is 30.3 Å². The Hall–Kier alpha value is -2.07. The van der Waals surface area contributed by atoms with Gasteiger partial charge in [-0.25, -0.2) is 0 Å². The van der Waals surface area contributed by atoms with Gasteiger partial charge in [0.15, 0.2) is 0 Å². The van der Waals surface area contributed by atoms with Crippen molar-refractivity contribution in [3.8, 4) is 0 Å². The molecule has 2 unspecified atom stereocenters. The lowest BCUT2D eigenvalue weighted by molar-refractivity contribution is -0.147. The van der Waals surface area contributed by atoms with E-state index >= 15 is 0 Å². The van der Waals surface area contributed by atoms with E-state index in [1.165, 1.54) is 0 Å². The Morgan fingerprint density at radius 1 is 1.29 bits per heavy atom. The molecule has 1 aliphatic heterocycles. The maximum atomic E-state index is 11.5. The third-order valence-electron chi connectivity index (χ3n) is 4.31. The molecule has 1 aromatic heterocycles. The molecule has 2 atom stereocenters. The molecule has 0 aliphatic carbocycles. The van der Waals surface area contributed by atoms with Gasteiger partial charge in [0, 0.05) is 13.1 Å². The Balaban J connectivity index is 1.93. The van der Waals surface area contributed by atoms with Gasteiger partial charge in [-0.3, -0.25) is 9.69 Å². The molecule has 21 heavy (non-hydrogen) atoms. The van der Waals surface area contributed by atoms with Crippen molar-refractivity contribution in [1.82, 2.24) is 4.90 Å². The molecule has 3 rings (SSSR count). The second kappa shape index (κ2) is 5.37. The molecule has 2 heterocycles. The Morgan fingerprint density at radius 2 is 2.05 bits per heavy atom. The van der Waals surface area contributed by atoms with Crippen molar-refractivity contribution in [2.75, 3.05) is 13.1 Å². The van der Waals surface area contributed by atoms with Gasteiger partial charge in [-0.15, -0.1) is 0 Å². The quantitative estimate of drug-likeness (QED) is 0.937. The fraction of sp³-hybridized carbons (Fsp3) is 0.353. The fourth-order valence-electron chi connectivity index (χ4n) is 3.03. The van der Waals surface area contributed by atoms with E-state index in [9.17, 15) is 9.90 Å². The lowest BCUT2D eigenvalue weighted by Crippen LogP contribution is -2.34. The van der Waals surface area contributed by atoms with Crippen LogP contribution in [0.1, 0.15) is 30.7 Å². The molecular weight excluding hydrogens is 266 g/mol. The van der Waals surface area contributed by atoms with Crippen LogP contribution in [0.5, 0.6) is 0 Å². The normalized spacial score (nSPS) is 24.0. The number of carboxylic acid groups (broad SMARTS) is 1. The molecule has 0 saturated carbocycles. The van der Waals surface area contributed by atoms with Crippen molar-refractivity contribution >= 4 is 5.97 Å². The zero-order chi connectivity index (χ0) is 14.9. The van der Waals surface area contributed by atoms with Gasteiger partial charge in [0.25, 0.3) is 0 Å². The second-order valence-electron chi connectivity index (χ2n) is 5.91. The first-order valence-corrected chi connectivity index (χ1v) is 7.16. The fourth-order valence-corrected chi connectivity index (χ4v) is 3.03. The van der Waals surface area contributed by atoms with E-state index in [1.807, 2.05) is 37.3 Å². The minimum Gasteiger partial charge on any atom is -0.481 e. The number of hydrogen-bond acceptors (Lipinski definition) is 3. The van der Waals surface area contributed by atoms with Crippen molar-refractivity contribution in [3.05, 3.63) is 60.1 Å². The predicted octanol–water partition coefficient (Wildman–Crippen LogP) is 3.17. The second-order valence-corrected chi connectivity index (χ2v) is 5.91. The average molecular weight is 285 g/mol. The Morgan fingerprint density at radius 3 is 2.62 bits per heavy atom. The number of furan rings is 1. The first-order valence-electron chi connectivity index (χ1n) is 7.16. The van der Waals surface area contributed by atoms with E-state index < -0.39 is 11.4 Å². The number of nitrogens with zero attached hydrogens (tertiary/aromatic N) is 1. The minimum absolute atomic E-state index is 0.0256. The molecule has 2 aromatic rings. The van der Waals surface area contributed by atoms with E-state index in [4.69, 9.17) is 4.42 Å². The monoisotopic (exact) mass is 285 g/mol. The summed E-state index contributed by atoms with van der Waals surface area (Å²) in [6.45, 7) is 3.10. The Kier molecular flexibility index (Phi) is 3.55. The minimum atomic E-state index is -0.726. The van der Waals surface area contributed by atoms with Gasteiger partial charge in [-0.2, -0.15) is 0 Å². The largest absolute Gasteiger partial charge is 0.481 e. The zero-order valence-corrected chi connectivity index (χ0v) is 12.0. The van der Waals surface area contributed by atoms with Crippen LogP contribution in [0.15, 0.2) is 53.1 Å². The SMILES string of the molecule is CC1(C(=O)O)CCN(C(c2ccccc2)c2ccco2)C1. The highest BCUT2D eigenvalue weighted by Gasteiger charge is 2.43. The van der Waals surface area contributed by atoms with Crippen molar-refractivity contribution in [2.45, 2.75) is 19.4 Å². The summed E-state index contributed by atoms with van der Waals surface area (Å²) in [5.74, 6) is 0.132. The van der Waals surface area contributed by atoms with Crippen LogP contribution in [0.4, 0.5) is 0 Å². The Labute approximate surface area is 124 Å². The van der Waals surface area contributed by atoms with Gasteiger partial charge in [0.05, 0.1) is 17.7 Å². The summed E-state index contributed by atoms with van der Waals surface area (Å²) >= 11 is 0.